The number of Topliss-reactive ketones (excluding diaryl/α,β-unsaturated/α-hetero) is 1. The minimum atomic E-state index is -0.0835. The summed E-state index contributed by atoms with van der Waals surface area (Å²) in [6.45, 7) is 0. The zero-order valence-electron chi connectivity index (χ0n) is 16.0. The maximum Gasteiger partial charge on any atom is 0.169 e. The number of ketones is 1. The van der Waals surface area contributed by atoms with Crippen molar-refractivity contribution in [2.75, 3.05) is 0 Å². The second-order valence-corrected chi connectivity index (χ2v) is 9.59. The molecule has 4 aliphatic rings. The average Bonchev–Trinajstić information content (AvgIpc) is 3.32. The lowest BCUT2D eigenvalue weighted by molar-refractivity contribution is 0.0703. The topological polar surface area (TPSA) is 17.1 Å². The van der Waals surface area contributed by atoms with Gasteiger partial charge in [0.05, 0.1) is 0 Å². The van der Waals surface area contributed by atoms with Crippen LogP contribution in [0.15, 0.2) is 42.5 Å². The minimum absolute atomic E-state index is 0.0835. The van der Waals surface area contributed by atoms with Gasteiger partial charge in [0, 0.05) is 11.0 Å². The van der Waals surface area contributed by atoms with Gasteiger partial charge in [-0.15, -0.1) is 0 Å². The predicted octanol–water partition coefficient (Wildman–Crippen LogP) is 6.60. The van der Waals surface area contributed by atoms with Crippen molar-refractivity contribution in [2.45, 2.75) is 63.7 Å². The van der Waals surface area contributed by atoms with Crippen molar-refractivity contribution in [3.63, 3.8) is 0 Å². The molecule has 0 aromatic heterocycles. The Kier molecular flexibility index (Phi) is 3.46. The number of rotatable bonds is 1. The monoisotopic (exact) mass is 356 g/mol. The van der Waals surface area contributed by atoms with Crippen molar-refractivity contribution < 1.29 is 4.79 Å². The Balaban J connectivity index is 1.48. The maximum absolute atomic E-state index is 13.7. The fourth-order valence-electron chi connectivity index (χ4n) is 6.83. The molecule has 0 amide bonds. The highest BCUT2D eigenvalue weighted by atomic mass is 16.1. The standard InChI is InChI=1S/C26H28O/c27-25-24-15-23-19(7-4-8-22(23)18-5-2-1-3-6-18)14-20(24)11-12-26(25)16-17-9-10-21(26)13-17/h4,7-10,14-15,17-18,21H,1-3,5-6,11-13,16H2. The van der Waals surface area contributed by atoms with E-state index in [0.29, 0.717) is 23.5 Å². The van der Waals surface area contributed by atoms with Crippen LogP contribution in [0.25, 0.3) is 10.8 Å². The molecule has 2 fully saturated rings. The van der Waals surface area contributed by atoms with Crippen molar-refractivity contribution in [3.05, 3.63) is 59.2 Å². The predicted molar refractivity (Wildman–Crippen MR) is 110 cm³/mol. The first-order chi connectivity index (χ1) is 13.2. The van der Waals surface area contributed by atoms with E-state index in [-0.39, 0.29) is 5.41 Å². The summed E-state index contributed by atoms with van der Waals surface area (Å²) in [5, 5.41) is 2.70. The minimum Gasteiger partial charge on any atom is -0.294 e. The summed E-state index contributed by atoms with van der Waals surface area (Å²) >= 11 is 0. The molecule has 2 aromatic rings. The van der Waals surface area contributed by atoms with E-state index in [0.717, 1.165) is 24.8 Å². The molecule has 0 radical (unpaired) electrons. The lowest BCUT2D eigenvalue weighted by atomic mass is 9.63. The zero-order valence-corrected chi connectivity index (χ0v) is 16.0. The molecule has 2 aromatic carbocycles. The highest BCUT2D eigenvalue weighted by Gasteiger charge is 2.54. The summed E-state index contributed by atoms with van der Waals surface area (Å²) in [5.41, 5.74) is 3.76. The van der Waals surface area contributed by atoms with Crippen molar-refractivity contribution in [3.8, 4) is 0 Å². The number of hydrogen-bond donors (Lipinski definition) is 0. The van der Waals surface area contributed by atoms with E-state index < -0.39 is 0 Å². The van der Waals surface area contributed by atoms with Crippen LogP contribution in [0.3, 0.4) is 0 Å². The van der Waals surface area contributed by atoms with E-state index in [1.54, 1.807) is 0 Å². The van der Waals surface area contributed by atoms with Gasteiger partial charge in [-0.25, -0.2) is 0 Å². The molecule has 1 heteroatoms. The Morgan fingerprint density at radius 3 is 2.67 bits per heavy atom. The van der Waals surface area contributed by atoms with Crippen LogP contribution in [0, 0.1) is 17.3 Å². The first kappa shape index (κ1) is 16.1. The quantitative estimate of drug-likeness (QED) is 0.526. The van der Waals surface area contributed by atoms with Crippen molar-refractivity contribution >= 4 is 16.6 Å². The van der Waals surface area contributed by atoms with Gasteiger partial charge >= 0.3 is 0 Å². The molecule has 4 aliphatic carbocycles. The van der Waals surface area contributed by atoms with Gasteiger partial charge in [0.25, 0.3) is 0 Å². The Hall–Kier alpha value is -1.89. The number of carbonyl (C=O) groups excluding carboxylic acids is 1. The van der Waals surface area contributed by atoms with Crippen LogP contribution < -0.4 is 0 Å². The number of fused-ring (bicyclic) bond motifs is 5. The summed E-state index contributed by atoms with van der Waals surface area (Å²) in [5.74, 6) is 2.28. The van der Waals surface area contributed by atoms with Gasteiger partial charge in [-0.05, 0) is 84.2 Å². The van der Waals surface area contributed by atoms with Crippen molar-refractivity contribution in [1.29, 1.82) is 0 Å². The third-order valence-electron chi connectivity index (χ3n) is 8.23. The second-order valence-electron chi connectivity index (χ2n) is 9.59. The fourth-order valence-corrected chi connectivity index (χ4v) is 6.83. The molecule has 3 atom stereocenters. The summed E-state index contributed by atoms with van der Waals surface area (Å²) in [4.78, 5) is 13.7. The number of carbonyl (C=O) groups is 1. The number of allylic oxidation sites excluding steroid dienone is 2. The van der Waals surface area contributed by atoms with Gasteiger partial charge in [-0.2, -0.15) is 0 Å². The van der Waals surface area contributed by atoms with Crippen molar-refractivity contribution in [2.24, 2.45) is 17.3 Å². The molecule has 2 saturated carbocycles. The van der Waals surface area contributed by atoms with Gasteiger partial charge in [-0.1, -0.05) is 55.7 Å². The van der Waals surface area contributed by atoms with Gasteiger partial charge < -0.3 is 0 Å². The molecule has 27 heavy (non-hydrogen) atoms. The molecule has 1 spiro atoms. The van der Waals surface area contributed by atoms with E-state index in [9.17, 15) is 4.79 Å². The van der Waals surface area contributed by atoms with Gasteiger partial charge in [-0.3, -0.25) is 4.79 Å². The maximum atomic E-state index is 13.7. The van der Waals surface area contributed by atoms with E-state index in [1.165, 1.54) is 60.4 Å². The molecule has 138 valence electrons. The van der Waals surface area contributed by atoms with Crippen molar-refractivity contribution in [1.82, 2.24) is 0 Å². The molecule has 1 nitrogen and oxygen atoms in total. The summed E-state index contributed by atoms with van der Waals surface area (Å²) in [6, 6.07) is 11.4. The van der Waals surface area contributed by atoms with Gasteiger partial charge in [0.1, 0.15) is 0 Å². The third kappa shape index (κ3) is 2.27. The van der Waals surface area contributed by atoms with Crippen LogP contribution in [0.2, 0.25) is 0 Å². The lowest BCUT2D eigenvalue weighted by Crippen LogP contribution is -2.39. The molecule has 6 rings (SSSR count). The van der Waals surface area contributed by atoms with Gasteiger partial charge in [0.2, 0.25) is 0 Å². The SMILES string of the molecule is O=C1c2cc3c(C4CCCCC4)cccc3cc2CCC12CC1C=CC2C1. The molecule has 3 unspecified atom stereocenters. The third-order valence-corrected chi connectivity index (χ3v) is 8.23. The first-order valence-electron chi connectivity index (χ1n) is 11.0. The summed E-state index contributed by atoms with van der Waals surface area (Å²) < 4.78 is 0. The average molecular weight is 357 g/mol. The molecule has 0 heterocycles. The summed E-state index contributed by atoms with van der Waals surface area (Å²) in [7, 11) is 0. The molecular weight excluding hydrogens is 328 g/mol. The lowest BCUT2D eigenvalue weighted by Gasteiger charge is -2.38. The van der Waals surface area contributed by atoms with E-state index in [1.807, 2.05) is 0 Å². The Bertz CT molecular complexity index is 962. The Morgan fingerprint density at radius 2 is 1.89 bits per heavy atom. The zero-order chi connectivity index (χ0) is 18.0. The van der Waals surface area contributed by atoms with E-state index in [4.69, 9.17) is 0 Å². The molecular formula is C26H28O. The Morgan fingerprint density at radius 1 is 1.00 bits per heavy atom. The molecule has 0 N–H and O–H groups in total. The molecule has 2 bridgehead atoms. The largest absolute Gasteiger partial charge is 0.294 e. The van der Waals surface area contributed by atoms with Crippen LogP contribution in [0.1, 0.15) is 78.8 Å². The number of aryl methyl sites for hydroxylation is 1. The van der Waals surface area contributed by atoms with Crippen LogP contribution in [-0.2, 0) is 6.42 Å². The van der Waals surface area contributed by atoms with E-state index in [2.05, 4.69) is 42.5 Å². The number of benzene rings is 2. The van der Waals surface area contributed by atoms with Crippen LogP contribution in [-0.4, -0.2) is 5.78 Å². The van der Waals surface area contributed by atoms with E-state index >= 15 is 0 Å². The highest BCUT2D eigenvalue weighted by molar-refractivity contribution is 6.07. The normalized spacial score (nSPS) is 32.5. The summed E-state index contributed by atoms with van der Waals surface area (Å²) in [6.07, 6.45) is 15.8. The van der Waals surface area contributed by atoms with Crippen LogP contribution in [0.4, 0.5) is 0 Å². The second kappa shape index (κ2) is 5.80. The number of hydrogen-bond acceptors (Lipinski definition) is 1. The van der Waals surface area contributed by atoms with Crippen LogP contribution >= 0.6 is 0 Å². The smallest absolute Gasteiger partial charge is 0.169 e. The Labute approximate surface area is 161 Å². The molecule has 0 aliphatic heterocycles. The highest BCUT2D eigenvalue weighted by Crippen LogP contribution is 2.58. The van der Waals surface area contributed by atoms with Gasteiger partial charge in [0.15, 0.2) is 5.78 Å². The molecule has 0 saturated heterocycles. The fraction of sp³-hybridized carbons (Fsp3) is 0.500. The first-order valence-corrected chi connectivity index (χ1v) is 11.0. The van der Waals surface area contributed by atoms with Crippen LogP contribution in [0.5, 0.6) is 0 Å².